The van der Waals surface area contributed by atoms with Crippen molar-refractivity contribution >= 4 is 34.4 Å². The zero-order valence-electron chi connectivity index (χ0n) is 23.3. The molecule has 190 valence electrons. The largest absolute Gasteiger partial charge is 0.494 e. The molecular weight excluding hydrogens is 465 g/mol. The molecular formula is C34H34BNO2. The molecule has 5 aromatic rings. The van der Waals surface area contributed by atoms with E-state index in [1.165, 1.54) is 49.6 Å². The van der Waals surface area contributed by atoms with Crippen molar-refractivity contribution in [2.75, 3.05) is 0 Å². The van der Waals surface area contributed by atoms with Crippen molar-refractivity contribution in [2.45, 2.75) is 65.1 Å². The average molecular weight is 499 g/mol. The van der Waals surface area contributed by atoms with Crippen LogP contribution in [0.25, 0.3) is 38.6 Å². The average Bonchev–Trinajstić information content (AvgIpc) is 3.40. The van der Waals surface area contributed by atoms with Crippen molar-refractivity contribution in [1.82, 2.24) is 4.57 Å². The molecule has 38 heavy (non-hydrogen) atoms. The van der Waals surface area contributed by atoms with Gasteiger partial charge in [0.2, 0.25) is 0 Å². The number of fused-ring (bicyclic) bond motifs is 6. The Hall–Kier alpha value is -3.34. The zero-order valence-corrected chi connectivity index (χ0v) is 23.3. The Labute approximate surface area is 225 Å². The maximum atomic E-state index is 6.44. The Balaban J connectivity index is 1.48. The van der Waals surface area contributed by atoms with Gasteiger partial charge in [-0.25, -0.2) is 0 Å². The fourth-order valence-electron chi connectivity index (χ4n) is 6.48. The van der Waals surface area contributed by atoms with Crippen molar-refractivity contribution in [2.24, 2.45) is 0 Å². The van der Waals surface area contributed by atoms with Crippen LogP contribution in [0.3, 0.4) is 0 Å². The van der Waals surface area contributed by atoms with Gasteiger partial charge in [-0.2, -0.15) is 0 Å². The molecule has 1 aliphatic carbocycles. The lowest BCUT2D eigenvalue weighted by Crippen LogP contribution is -2.41. The first-order valence-electron chi connectivity index (χ1n) is 13.6. The second-order valence-electron chi connectivity index (χ2n) is 12.6. The lowest BCUT2D eigenvalue weighted by atomic mass is 9.78. The minimum atomic E-state index is -0.399. The Bertz CT molecular complexity index is 1760. The quantitative estimate of drug-likeness (QED) is 0.232. The molecule has 1 fully saturated rings. The SMILES string of the molecule is Cc1cc(B2OC(C)(C)C(C)(C)O2)cc(-n2c3ccccc3c3cc4c(cc32)C(C)(C)c2ccccc2-4)c1. The number of aromatic nitrogens is 1. The Morgan fingerprint density at radius 2 is 1.32 bits per heavy atom. The molecule has 0 amide bonds. The summed E-state index contributed by atoms with van der Waals surface area (Å²) in [6.45, 7) is 15.3. The summed E-state index contributed by atoms with van der Waals surface area (Å²) in [7, 11) is -0.399. The molecule has 0 unspecified atom stereocenters. The van der Waals surface area contributed by atoms with E-state index in [1.807, 2.05) is 0 Å². The fourth-order valence-corrected chi connectivity index (χ4v) is 6.48. The molecule has 0 radical (unpaired) electrons. The third kappa shape index (κ3) is 3.17. The third-order valence-corrected chi connectivity index (χ3v) is 9.24. The van der Waals surface area contributed by atoms with Gasteiger partial charge in [0.1, 0.15) is 0 Å². The van der Waals surface area contributed by atoms with Gasteiger partial charge in [-0.05, 0) is 98.2 Å². The van der Waals surface area contributed by atoms with Crippen LogP contribution in [0.1, 0.15) is 58.2 Å². The second kappa shape index (κ2) is 7.62. The molecule has 4 heteroatoms. The first-order chi connectivity index (χ1) is 18.0. The highest BCUT2D eigenvalue weighted by atomic mass is 16.7. The van der Waals surface area contributed by atoms with Crippen LogP contribution in [0, 0.1) is 6.92 Å². The summed E-state index contributed by atoms with van der Waals surface area (Å²) in [4.78, 5) is 0. The van der Waals surface area contributed by atoms with Crippen LogP contribution >= 0.6 is 0 Å². The second-order valence-corrected chi connectivity index (χ2v) is 12.6. The number of aryl methyl sites for hydroxylation is 1. The van der Waals surface area contributed by atoms with Gasteiger partial charge in [0.05, 0.1) is 22.2 Å². The lowest BCUT2D eigenvalue weighted by molar-refractivity contribution is 0.00578. The van der Waals surface area contributed by atoms with Crippen LogP contribution in [0.15, 0.2) is 78.9 Å². The monoisotopic (exact) mass is 499 g/mol. The Morgan fingerprint density at radius 3 is 2.08 bits per heavy atom. The van der Waals surface area contributed by atoms with Crippen molar-refractivity contribution in [3.8, 4) is 16.8 Å². The van der Waals surface area contributed by atoms with Crippen LogP contribution in [-0.2, 0) is 14.7 Å². The third-order valence-electron chi connectivity index (χ3n) is 9.24. The molecule has 0 saturated carbocycles. The number of nitrogens with zero attached hydrogens (tertiary/aromatic N) is 1. The molecule has 0 bridgehead atoms. The molecule has 2 heterocycles. The molecule has 1 aliphatic heterocycles. The first-order valence-corrected chi connectivity index (χ1v) is 13.6. The van der Waals surface area contributed by atoms with Crippen LogP contribution < -0.4 is 5.46 Å². The first kappa shape index (κ1) is 23.8. The van der Waals surface area contributed by atoms with Gasteiger partial charge in [0, 0.05) is 21.9 Å². The summed E-state index contributed by atoms with van der Waals surface area (Å²) >= 11 is 0. The maximum absolute atomic E-state index is 6.44. The van der Waals surface area contributed by atoms with Crippen molar-refractivity contribution in [3.05, 3.63) is 95.6 Å². The highest BCUT2D eigenvalue weighted by molar-refractivity contribution is 6.62. The molecule has 4 aromatic carbocycles. The van der Waals surface area contributed by atoms with Crippen LogP contribution in [0.4, 0.5) is 0 Å². The van der Waals surface area contributed by atoms with Crippen LogP contribution in [0.2, 0.25) is 0 Å². The van der Waals surface area contributed by atoms with E-state index in [1.54, 1.807) is 0 Å². The minimum Gasteiger partial charge on any atom is -0.399 e. The van der Waals surface area contributed by atoms with Gasteiger partial charge < -0.3 is 13.9 Å². The summed E-state index contributed by atoms with van der Waals surface area (Å²) in [5, 5.41) is 2.55. The van der Waals surface area contributed by atoms with E-state index >= 15 is 0 Å². The van der Waals surface area contributed by atoms with Gasteiger partial charge >= 0.3 is 7.12 Å². The van der Waals surface area contributed by atoms with E-state index in [0.29, 0.717) is 0 Å². The van der Waals surface area contributed by atoms with E-state index in [-0.39, 0.29) is 16.6 Å². The van der Waals surface area contributed by atoms with E-state index in [2.05, 4.69) is 132 Å². The number of hydrogen-bond acceptors (Lipinski definition) is 2. The van der Waals surface area contributed by atoms with Gasteiger partial charge in [0.25, 0.3) is 0 Å². The summed E-state index contributed by atoms with van der Waals surface area (Å²) in [5.41, 5.74) is 10.5. The summed E-state index contributed by atoms with van der Waals surface area (Å²) in [6.07, 6.45) is 0. The number of hydrogen-bond donors (Lipinski definition) is 0. The van der Waals surface area contributed by atoms with Gasteiger partial charge in [-0.1, -0.05) is 62.4 Å². The minimum absolute atomic E-state index is 0.0537. The number of benzene rings is 4. The van der Waals surface area contributed by atoms with E-state index < -0.39 is 7.12 Å². The van der Waals surface area contributed by atoms with Crippen LogP contribution in [0.5, 0.6) is 0 Å². The van der Waals surface area contributed by atoms with Gasteiger partial charge in [0.15, 0.2) is 0 Å². The maximum Gasteiger partial charge on any atom is 0.494 e. The van der Waals surface area contributed by atoms with Crippen LogP contribution in [-0.4, -0.2) is 22.9 Å². The van der Waals surface area contributed by atoms with Crippen molar-refractivity contribution in [3.63, 3.8) is 0 Å². The van der Waals surface area contributed by atoms with E-state index in [9.17, 15) is 0 Å². The predicted octanol–water partition coefficient (Wildman–Crippen LogP) is 7.70. The highest BCUT2D eigenvalue weighted by Crippen LogP contribution is 2.51. The summed E-state index contributed by atoms with van der Waals surface area (Å²) in [5.74, 6) is 0. The summed E-state index contributed by atoms with van der Waals surface area (Å²) < 4.78 is 15.3. The normalized spacial score (nSPS) is 18.8. The Morgan fingerprint density at radius 1 is 0.632 bits per heavy atom. The molecule has 2 aliphatic rings. The highest BCUT2D eigenvalue weighted by Gasteiger charge is 2.51. The van der Waals surface area contributed by atoms with Crippen molar-refractivity contribution < 1.29 is 9.31 Å². The molecule has 0 spiro atoms. The predicted molar refractivity (Wildman–Crippen MR) is 159 cm³/mol. The fraction of sp³-hybridized carbons (Fsp3) is 0.294. The van der Waals surface area contributed by atoms with Gasteiger partial charge in [-0.3, -0.25) is 0 Å². The Kier molecular flexibility index (Phi) is 4.76. The molecule has 0 atom stereocenters. The standard InChI is InChI=1S/C34H34BNO2/c1-21-16-22(35-37-33(4,5)34(6,7)38-35)18-23(17-21)36-30-15-11-9-13-25(30)27-19-26-24-12-8-10-14-28(24)32(2,3)29(26)20-31(27)36/h8-20H,1-7H3. The van der Waals surface area contributed by atoms with Crippen molar-refractivity contribution in [1.29, 1.82) is 0 Å². The lowest BCUT2D eigenvalue weighted by Gasteiger charge is -2.32. The molecule has 0 N–H and O–H groups in total. The summed E-state index contributed by atoms with van der Waals surface area (Å²) in [6, 6.07) is 29.2. The van der Waals surface area contributed by atoms with E-state index in [4.69, 9.17) is 9.31 Å². The molecule has 1 aromatic heterocycles. The number of rotatable bonds is 2. The van der Waals surface area contributed by atoms with E-state index in [0.717, 1.165) is 11.2 Å². The van der Waals surface area contributed by atoms with Gasteiger partial charge in [-0.15, -0.1) is 0 Å². The molecule has 7 rings (SSSR count). The zero-order chi connectivity index (χ0) is 26.6. The molecule has 3 nitrogen and oxygen atoms in total. The number of para-hydroxylation sites is 1. The molecule has 1 saturated heterocycles. The smallest absolute Gasteiger partial charge is 0.399 e. The topological polar surface area (TPSA) is 23.4 Å².